The zero-order valence-electron chi connectivity index (χ0n) is 14.2. The number of hydroxylamine groups is 1. The van der Waals surface area contributed by atoms with Crippen LogP contribution in [0, 0.1) is 17.9 Å². The Hall–Kier alpha value is -2.86. The first-order valence-corrected chi connectivity index (χ1v) is 8.38. The van der Waals surface area contributed by atoms with Crippen LogP contribution in [0.1, 0.15) is 22.6 Å². The summed E-state index contributed by atoms with van der Waals surface area (Å²) in [7, 11) is 1.51. The molecule has 2 aromatic carbocycles. The first kappa shape index (κ1) is 16.6. The normalized spacial score (nSPS) is 13.2. The number of ether oxygens (including phenoxy) is 1. The van der Waals surface area contributed by atoms with E-state index in [4.69, 9.17) is 16.3 Å². The van der Waals surface area contributed by atoms with Gasteiger partial charge in [-0.25, -0.2) is 4.39 Å². The fraction of sp³-hybridized carbons (Fsp3) is 0.158. The second-order valence-corrected chi connectivity index (χ2v) is 6.41. The van der Waals surface area contributed by atoms with Crippen molar-refractivity contribution in [2.24, 2.45) is 0 Å². The van der Waals surface area contributed by atoms with Gasteiger partial charge in [0.05, 0.1) is 23.9 Å². The molecule has 0 radical (unpaired) electrons. The monoisotopic (exact) mass is 371 g/mol. The quantitative estimate of drug-likeness (QED) is 0.508. The third kappa shape index (κ3) is 2.45. The molecule has 0 saturated heterocycles. The van der Waals surface area contributed by atoms with Crippen molar-refractivity contribution in [3.8, 4) is 11.6 Å². The molecule has 1 aliphatic rings. The van der Waals surface area contributed by atoms with Crippen molar-refractivity contribution in [2.75, 3.05) is 7.11 Å². The molecule has 0 unspecified atom stereocenters. The van der Waals surface area contributed by atoms with Crippen LogP contribution in [0.4, 0.5) is 4.39 Å². The molecule has 0 amide bonds. The molecule has 0 atom stereocenters. The molecule has 1 aromatic heterocycles. The predicted molar refractivity (Wildman–Crippen MR) is 96.8 cm³/mol. The zero-order valence-corrected chi connectivity index (χ0v) is 14.9. The Labute approximate surface area is 154 Å². The number of nitrogens with zero attached hydrogens (tertiary/aromatic N) is 3. The number of fused-ring (bicyclic) bond motifs is 3. The smallest absolute Gasteiger partial charge is 0.242 e. The number of aromatic nitrogens is 2. The molecular weight excluding hydrogens is 357 g/mol. The second kappa shape index (κ2) is 6.14. The van der Waals surface area contributed by atoms with E-state index < -0.39 is 5.82 Å². The number of hydrogen-bond acceptors (Lipinski definition) is 3. The Morgan fingerprint density at radius 2 is 2.00 bits per heavy atom. The standard InChI is InChI=1S/C19H15ClFN3O2/c1-11-22-19(26-2)17-10-23(25)18(13-5-3-4-6-15(13)21)14-9-12(20)7-8-16(14)24(11)17/h3-9H,10H2,1-2H3. The van der Waals surface area contributed by atoms with Crippen LogP contribution in [0.15, 0.2) is 42.5 Å². The van der Waals surface area contributed by atoms with E-state index in [1.807, 2.05) is 11.5 Å². The van der Waals surface area contributed by atoms with Gasteiger partial charge in [0.2, 0.25) is 11.6 Å². The molecule has 2 heterocycles. The van der Waals surface area contributed by atoms with Crippen LogP contribution < -0.4 is 4.74 Å². The molecule has 0 saturated carbocycles. The maximum Gasteiger partial charge on any atom is 0.242 e. The lowest BCUT2D eigenvalue weighted by Gasteiger charge is -2.12. The molecule has 0 fully saturated rings. The number of hydrogen-bond donors (Lipinski definition) is 0. The van der Waals surface area contributed by atoms with Crippen molar-refractivity contribution < 1.29 is 13.9 Å². The maximum absolute atomic E-state index is 14.5. The van der Waals surface area contributed by atoms with E-state index in [2.05, 4.69) is 4.98 Å². The van der Waals surface area contributed by atoms with E-state index >= 15 is 0 Å². The molecule has 26 heavy (non-hydrogen) atoms. The Balaban J connectivity index is 2.10. The first-order valence-electron chi connectivity index (χ1n) is 8.00. The van der Waals surface area contributed by atoms with E-state index in [1.54, 1.807) is 36.4 Å². The van der Waals surface area contributed by atoms with Gasteiger partial charge in [0.1, 0.15) is 11.6 Å². The minimum atomic E-state index is -0.470. The van der Waals surface area contributed by atoms with Crippen LogP contribution in [0.2, 0.25) is 5.02 Å². The lowest BCUT2D eigenvalue weighted by atomic mass is 10.00. The van der Waals surface area contributed by atoms with Crippen molar-refractivity contribution in [1.29, 1.82) is 0 Å². The molecule has 132 valence electrons. The molecule has 0 aliphatic carbocycles. The van der Waals surface area contributed by atoms with Gasteiger partial charge in [-0.05, 0) is 37.3 Å². The topological polar surface area (TPSA) is 53.1 Å². The highest BCUT2D eigenvalue weighted by Crippen LogP contribution is 2.32. The van der Waals surface area contributed by atoms with E-state index in [9.17, 15) is 9.60 Å². The Morgan fingerprint density at radius 3 is 2.73 bits per heavy atom. The molecular formula is C19H15ClFN3O2. The second-order valence-electron chi connectivity index (χ2n) is 5.98. The highest BCUT2D eigenvalue weighted by Gasteiger charge is 2.31. The summed E-state index contributed by atoms with van der Waals surface area (Å²) in [6, 6.07) is 11.4. The Bertz CT molecular complexity index is 1060. The maximum atomic E-state index is 14.5. The lowest BCUT2D eigenvalue weighted by Crippen LogP contribution is -2.19. The fourth-order valence-electron chi connectivity index (χ4n) is 3.35. The van der Waals surface area contributed by atoms with Crippen molar-refractivity contribution in [3.05, 3.63) is 81.2 Å². The molecule has 7 heteroatoms. The highest BCUT2D eigenvalue weighted by atomic mass is 35.5. The Kier molecular flexibility index (Phi) is 3.92. The third-order valence-electron chi connectivity index (χ3n) is 4.42. The van der Waals surface area contributed by atoms with Crippen LogP contribution in [-0.4, -0.2) is 27.1 Å². The van der Waals surface area contributed by atoms with Gasteiger partial charge in [-0.3, -0.25) is 4.57 Å². The SMILES string of the molecule is COc1nc(C)n2c1C[N+]([O-])=C(c1ccccc1F)c1cc(Cl)ccc1-2. The average Bonchev–Trinajstić information content (AvgIpc) is 2.85. The van der Waals surface area contributed by atoms with Crippen molar-refractivity contribution in [3.63, 3.8) is 0 Å². The van der Waals surface area contributed by atoms with E-state index in [1.165, 1.54) is 13.2 Å². The van der Waals surface area contributed by atoms with Crippen molar-refractivity contribution >= 4 is 17.3 Å². The zero-order chi connectivity index (χ0) is 18.4. The summed E-state index contributed by atoms with van der Waals surface area (Å²) in [6.45, 7) is 1.80. The van der Waals surface area contributed by atoms with Gasteiger partial charge in [0, 0.05) is 5.02 Å². The van der Waals surface area contributed by atoms with Crippen LogP contribution in [0.25, 0.3) is 5.69 Å². The van der Waals surface area contributed by atoms with Crippen molar-refractivity contribution in [2.45, 2.75) is 13.5 Å². The molecule has 0 bridgehead atoms. The lowest BCUT2D eigenvalue weighted by molar-refractivity contribution is -0.474. The number of benzene rings is 2. The summed E-state index contributed by atoms with van der Waals surface area (Å²) >= 11 is 6.19. The number of aryl methyl sites for hydroxylation is 1. The fourth-order valence-corrected chi connectivity index (χ4v) is 3.52. The largest absolute Gasteiger partial charge is 0.623 e. The summed E-state index contributed by atoms with van der Waals surface area (Å²) in [5.74, 6) is 0.574. The van der Waals surface area contributed by atoms with Gasteiger partial charge in [0.25, 0.3) is 0 Å². The van der Waals surface area contributed by atoms with E-state index in [0.29, 0.717) is 33.7 Å². The number of halogens is 2. The number of rotatable bonds is 2. The van der Waals surface area contributed by atoms with Gasteiger partial charge < -0.3 is 9.94 Å². The average molecular weight is 372 g/mol. The van der Waals surface area contributed by atoms with Gasteiger partial charge in [-0.2, -0.15) is 9.72 Å². The molecule has 3 aromatic rings. The molecule has 1 aliphatic heterocycles. The summed E-state index contributed by atoms with van der Waals surface area (Å²) in [6.07, 6.45) is 0. The van der Waals surface area contributed by atoms with Gasteiger partial charge >= 0.3 is 0 Å². The van der Waals surface area contributed by atoms with Gasteiger partial charge in [0.15, 0.2) is 12.2 Å². The molecule has 4 rings (SSSR count). The van der Waals surface area contributed by atoms with E-state index in [0.717, 1.165) is 4.74 Å². The van der Waals surface area contributed by atoms with Gasteiger partial charge in [-0.1, -0.05) is 23.7 Å². The summed E-state index contributed by atoms with van der Waals surface area (Å²) in [5, 5.41) is 13.5. The summed E-state index contributed by atoms with van der Waals surface area (Å²) < 4.78 is 22.4. The summed E-state index contributed by atoms with van der Waals surface area (Å²) in [4.78, 5) is 4.38. The third-order valence-corrected chi connectivity index (χ3v) is 4.66. The van der Waals surface area contributed by atoms with Crippen LogP contribution in [-0.2, 0) is 6.54 Å². The van der Waals surface area contributed by atoms with Crippen molar-refractivity contribution in [1.82, 2.24) is 9.55 Å². The molecule has 0 N–H and O–H groups in total. The number of imidazole rings is 1. The minimum Gasteiger partial charge on any atom is -0.623 e. The van der Waals surface area contributed by atoms with Crippen LogP contribution in [0.3, 0.4) is 0 Å². The molecule has 5 nitrogen and oxygen atoms in total. The van der Waals surface area contributed by atoms with Gasteiger partial charge in [-0.15, -0.1) is 0 Å². The van der Waals surface area contributed by atoms with E-state index in [-0.39, 0.29) is 17.8 Å². The van der Waals surface area contributed by atoms with Crippen LogP contribution in [0.5, 0.6) is 5.88 Å². The minimum absolute atomic E-state index is 0.0278. The number of methoxy groups -OCH3 is 1. The summed E-state index contributed by atoms with van der Waals surface area (Å²) in [5.41, 5.74) is 2.30. The molecule has 0 spiro atoms. The van der Waals surface area contributed by atoms with Crippen LogP contribution >= 0.6 is 11.6 Å². The predicted octanol–water partition coefficient (Wildman–Crippen LogP) is 3.84. The Morgan fingerprint density at radius 1 is 1.23 bits per heavy atom. The highest BCUT2D eigenvalue weighted by molar-refractivity contribution is 6.31. The first-order chi connectivity index (χ1) is 12.5.